The Hall–Kier alpha value is -2.60. The van der Waals surface area contributed by atoms with Crippen LogP contribution < -0.4 is 5.32 Å². The van der Waals surface area contributed by atoms with E-state index in [9.17, 15) is 4.39 Å². The Morgan fingerprint density at radius 3 is 2.54 bits per heavy atom. The number of nitrogens with one attached hydrogen (secondary N) is 1. The van der Waals surface area contributed by atoms with E-state index < -0.39 is 0 Å². The molecule has 0 aliphatic carbocycles. The number of halogens is 1. The molecule has 4 nitrogen and oxygen atoms in total. The van der Waals surface area contributed by atoms with Gasteiger partial charge in [-0.2, -0.15) is 0 Å². The van der Waals surface area contributed by atoms with Gasteiger partial charge in [0.15, 0.2) is 5.11 Å². The fourth-order valence-electron chi connectivity index (χ4n) is 2.39. The SMILES string of the molecule is CC(c1ccco1)N(Cc1ccco1)C(=S)Nc1ccccc1F. The summed E-state index contributed by atoms with van der Waals surface area (Å²) in [6.45, 7) is 2.41. The van der Waals surface area contributed by atoms with Crippen LogP contribution in [0.4, 0.5) is 10.1 Å². The average Bonchev–Trinajstić information content (AvgIpc) is 3.27. The maximum atomic E-state index is 13.9. The van der Waals surface area contributed by atoms with E-state index >= 15 is 0 Å². The third-order valence-corrected chi connectivity index (χ3v) is 4.04. The number of furan rings is 2. The van der Waals surface area contributed by atoms with Gasteiger partial charge in [0.25, 0.3) is 0 Å². The molecule has 0 radical (unpaired) electrons. The summed E-state index contributed by atoms with van der Waals surface area (Å²) in [7, 11) is 0. The zero-order valence-corrected chi connectivity index (χ0v) is 13.9. The minimum absolute atomic E-state index is 0.142. The highest BCUT2D eigenvalue weighted by atomic mass is 32.1. The van der Waals surface area contributed by atoms with E-state index in [4.69, 9.17) is 21.1 Å². The van der Waals surface area contributed by atoms with Gasteiger partial charge in [-0.05, 0) is 55.5 Å². The largest absolute Gasteiger partial charge is 0.467 e. The van der Waals surface area contributed by atoms with Crippen molar-refractivity contribution in [1.29, 1.82) is 0 Å². The van der Waals surface area contributed by atoms with Gasteiger partial charge in [0.1, 0.15) is 17.3 Å². The van der Waals surface area contributed by atoms with E-state index in [0.717, 1.165) is 11.5 Å². The van der Waals surface area contributed by atoms with Crippen LogP contribution in [0.5, 0.6) is 0 Å². The second-order valence-corrected chi connectivity index (χ2v) is 5.70. The van der Waals surface area contributed by atoms with E-state index in [2.05, 4.69) is 5.32 Å². The summed E-state index contributed by atoms with van der Waals surface area (Å²) >= 11 is 5.51. The molecule has 0 aliphatic rings. The number of rotatable bonds is 5. The third-order valence-electron chi connectivity index (χ3n) is 3.71. The highest BCUT2D eigenvalue weighted by Gasteiger charge is 2.22. The van der Waals surface area contributed by atoms with E-state index in [0.29, 0.717) is 17.3 Å². The second-order valence-electron chi connectivity index (χ2n) is 5.31. The van der Waals surface area contributed by atoms with Crippen LogP contribution in [0.3, 0.4) is 0 Å². The van der Waals surface area contributed by atoms with Gasteiger partial charge in [0.2, 0.25) is 0 Å². The van der Waals surface area contributed by atoms with Gasteiger partial charge in [0, 0.05) is 0 Å². The van der Waals surface area contributed by atoms with Crippen molar-refractivity contribution in [2.45, 2.75) is 19.5 Å². The molecule has 0 aliphatic heterocycles. The van der Waals surface area contributed by atoms with E-state index in [1.807, 2.05) is 36.1 Å². The van der Waals surface area contributed by atoms with Crippen molar-refractivity contribution >= 4 is 23.0 Å². The number of nitrogens with zero attached hydrogens (tertiary/aromatic N) is 1. The monoisotopic (exact) mass is 344 g/mol. The van der Waals surface area contributed by atoms with Crippen LogP contribution in [0.1, 0.15) is 24.5 Å². The Bertz CT molecular complexity index is 787. The van der Waals surface area contributed by atoms with Crippen LogP contribution in [0, 0.1) is 5.82 Å². The number of thiocarbonyl (C=S) groups is 1. The Kier molecular flexibility index (Phi) is 4.96. The quantitative estimate of drug-likeness (QED) is 0.662. The molecule has 24 heavy (non-hydrogen) atoms. The summed E-state index contributed by atoms with van der Waals surface area (Å²) in [5.41, 5.74) is 0.332. The lowest BCUT2D eigenvalue weighted by Crippen LogP contribution is -2.36. The van der Waals surface area contributed by atoms with Gasteiger partial charge >= 0.3 is 0 Å². The fourth-order valence-corrected chi connectivity index (χ4v) is 2.72. The summed E-state index contributed by atoms with van der Waals surface area (Å²) in [6.07, 6.45) is 3.22. The first-order valence-corrected chi connectivity index (χ1v) is 7.94. The normalized spacial score (nSPS) is 11.9. The van der Waals surface area contributed by atoms with Gasteiger partial charge in [-0.15, -0.1) is 0 Å². The number of para-hydroxylation sites is 1. The predicted molar refractivity (Wildman–Crippen MR) is 94.0 cm³/mol. The minimum atomic E-state index is -0.358. The molecule has 1 atom stereocenters. The smallest absolute Gasteiger partial charge is 0.174 e. The van der Waals surface area contributed by atoms with Gasteiger partial charge < -0.3 is 19.1 Å². The molecule has 2 heterocycles. The first-order valence-electron chi connectivity index (χ1n) is 7.53. The summed E-state index contributed by atoms with van der Waals surface area (Å²) in [6, 6.07) is 13.7. The summed E-state index contributed by atoms with van der Waals surface area (Å²) in [4.78, 5) is 1.89. The molecular formula is C18H17FN2O2S. The summed E-state index contributed by atoms with van der Waals surface area (Å²) in [5.74, 6) is 1.16. The molecule has 0 fully saturated rings. The highest BCUT2D eigenvalue weighted by Crippen LogP contribution is 2.25. The summed E-state index contributed by atoms with van der Waals surface area (Å²) in [5, 5.41) is 3.35. The van der Waals surface area contributed by atoms with Gasteiger partial charge in [0.05, 0.1) is 30.8 Å². The molecule has 1 N–H and O–H groups in total. The molecule has 0 bridgehead atoms. The minimum Gasteiger partial charge on any atom is -0.467 e. The predicted octanol–water partition coefficient (Wildman–Crippen LogP) is 4.97. The molecule has 3 rings (SSSR count). The second kappa shape index (κ2) is 7.31. The van der Waals surface area contributed by atoms with Gasteiger partial charge in [-0.25, -0.2) is 4.39 Å². The van der Waals surface area contributed by atoms with Gasteiger partial charge in [-0.1, -0.05) is 12.1 Å². The first kappa shape index (κ1) is 16.3. The van der Waals surface area contributed by atoms with Crippen molar-refractivity contribution in [3.8, 4) is 0 Å². The van der Waals surface area contributed by atoms with Crippen molar-refractivity contribution in [3.05, 3.63) is 78.4 Å². The Morgan fingerprint density at radius 2 is 1.88 bits per heavy atom. The van der Waals surface area contributed by atoms with Crippen LogP contribution in [0.25, 0.3) is 0 Å². The zero-order chi connectivity index (χ0) is 16.9. The number of benzene rings is 1. The van der Waals surface area contributed by atoms with E-state index in [-0.39, 0.29) is 11.9 Å². The standard InChI is InChI=1S/C18H17FN2O2S/c1-13(17-9-5-11-23-17)21(12-14-6-4-10-22-14)18(24)20-16-8-3-2-7-15(16)19/h2-11,13H,12H2,1H3,(H,20,24). The fraction of sp³-hybridized carbons (Fsp3) is 0.167. The number of anilines is 1. The highest BCUT2D eigenvalue weighted by molar-refractivity contribution is 7.80. The molecule has 0 amide bonds. The van der Waals surface area contributed by atoms with Crippen molar-refractivity contribution in [3.63, 3.8) is 0 Å². The van der Waals surface area contributed by atoms with Crippen LogP contribution in [-0.4, -0.2) is 10.0 Å². The van der Waals surface area contributed by atoms with Crippen LogP contribution in [0.2, 0.25) is 0 Å². The van der Waals surface area contributed by atoms with Crippen LogP contribution in [-0.2, 0) is 6.54 Å². The molecule has 3 aromatic rings. The maximum Gasteiger partial charge on any atom is 0.174 e. The molecule has 124 valence electrons. The molecule has 1 aromatic carbocycles. The lowest BCUT2D eigenvalue weighted by molar-refractivity contribution is 0.269. The average molecular weight is 344 g/mol. The van der Waals surface area contributed by atoms with Crippen molar-refractivity contribution in [1.82, 2.24) is 4.90 Å². The van der Waals surface area contributed by atoms with Crippen LogP contribution in [0.15, 0.2) is 69.9 Å². The number of hydrogen-bond donors (Lipinski definition) is 1. The molecule has 2 aromatic heterocycles. The van der Waals surface area contributed by atoms with Crippen molar-refractivity contribution in [2.75, 3.05) is 5.32 Å². The summed E-state index contributed by atoms with van der Waals surface area (Å²) < 4.78 is 24.8. The lowest BCUT2D eigenvalue weighted by Gasteiger charge is -2.30. The Morgan fingerprint density at radius 1 is 1.12 bits per heavy atom. The maximum absolute atomic E-state index is 13.9. The molecule has 1 unspecified atom stereocenters. The number of hydrogen-bond acceptors (Lipinski definition) is 3. The topological polar surface area (TPSA) is 41.6 Å². The zero-order valence-electron chi connectivity index (χ0n) is 13.1. The van der Waals surface area contributed by atoms with Crippen molar-refractivity contribution in [2.24, 2.45) is 0 Å². The van der Waals surface area contributed by atoms with E-state index in [1.165, 1.54) is 6.07 Å². The lowest BCUT2D eigenvalue weighted by atomic mass is 10.2. The molecule has 6 heteroatoms. The molecular weight excluding hydrogens is 327 g/mol. The third kappa shape index (κ3) is 3.65. The molecule has 0 spiro atoms. The Balaban J connectivity index is 1.83. The first-order chi connectivity index (χ1) is 11.6. The van der Waals surface area contributed by atoms with Crippen LogP contribution >= 0.6 is 12.2 Å². The molecule has 0 saturated carbocycles. The van der Waals surface area contributed by atoms with Crippen molar-refractivity contribution < 1.29 is 13.2 Å². The molecule has 0 saturated heterocycles. The Labute approximate surface area is 144 Å². The van der Waals surface area contributed by atoms with E-state index in [1.54, 1.807) is 30.7 Å². The van der Waals surface area contributed by atoms with Gasteiger partial charge in [-0.3, -0.25) is 0 Å².